The fourth-order valence-corrected chi connectivity index (χ4v) is 4.56. The number of guanidine groups is 1. The molecular formula is C23H36N4O. The third kappa shape index (κ3) is 6.25. The molecule has 154 valence electrons. The van der Waals surface area contributed by atoms with E-state index < -0.39 is 0 Å². The molecule has 1 aromatic carbocycles. The second-order valence-corrected chi connectivity index (χ2v) is 8.62. The van der Waals surface area contributed by atoms with Crippen LogP contribution in [0, 0.1) is 17.8 Å². The number of hydrogen-bond donors (Lipinski definition) is 2. The van der Waals surface area contributed by atoms with Gasteiger partial charge in [-0.25, -0.2) is 0 Å². The molecule has 1 aliphatic heterocycles. The van der Waals surface area contributed by atoms with Gasteiger partial charge >= 0.3 is 0 Å². The first-order valence-electron chi connectivity index (χ1n) is 10.9. The summed E-state index contributed by atoms with van der Waals surface area (Å²) in [5.41, 5.74) is 1.29. The summed E-state index contributed by atoms with van der Waals surface area (Å²) in [5, 5.41) is 6.93. The summed E-state index contributed by atoms with van der Waals surface area (Å²) in [6.07, 6.45) is 6.93. The lowest BCUT2D eigenvalue weighted by molar-refractivity contribution is -0.127. The molecule has 1 amide bonds. The molecule has 1 aromatic rings. The zero-order valence-electron chi connectivity index (χ0n) is 17.5. The van der Waals surface area contributed by atoms with Crippen LogP contribution in [-0.2, 0) is 11.2 Å². The Labute approximate surface area is 170 Å². The first kappa shape index (κ1) is 20.7. The van der Waals surface area contributed by atoms with Crippen LogP contribution in [0.2, 0.25) is 0 Å². The van der Waals surface area contributed by atoms with E-state index in [0.717, 1.165) is 50.4 Å². The number of nitrogens with one attached hydrogen (secondary N) is 2. The molecule has 1 heterocycles. The molecule has 0 radical (unpaired) electrons. The monoisotopic (exact) mass is 384 g/mol. The molecular weight excluding hydrogens is 348 g/mol. The van der Waals surface area contributed by atoms with E-state index in [4.69, 9.17) is 0 Å². The quantitative estimate of drug-likeness (QED) is 0.561. The van der Waals surface area contributed by atoms with E-state index in [1.165, 1.54) is 31.2 Å². The smallest absolute Gasteiger partial charge is 0.223 e. The van der Waals surface area contributed by atoms with Gasteiger partial charge in [0.1, 0.15) is 0 Å². The largest absolute Gasteiger partial charge is 0.356 e. The van der Waals surface area contributed by atoms with E-state index >= 15 is 0 Å². The maximum Gasteiger partial charge on any atom is 0.223 e. The van der Waals surface area contributed by atoms with E-state index in [0.29, 0.717) is 12.3 Å². The van der Waals surface area contributed by atoms with Crippen molar-refractivity contribution >= 4 is 11.9 Å². The number of carbonyl (C=O) groups is 1. The van der Waals surface area contributed by atoms with Gasteiger partial charge in [-0.1, -0.05) is 50.1 Å². The Kier molecular flexibility index (Phi) is 7.75. The molecule has 1 saturated carbocycles. The molecule has 5 nitrogen and oxygen atoms in total. The second kappa shape index (κ2) is 10.5. The van der Waals surface area contributed by atoms with Crippen LogP contribution >= 0.6 is 0 Å². The van der Waals surface area contributed by atoms with Crippen LogP contribution < -0.4 is 10.6 Å². The molecule has 3 unspecified atom stereocenters. The fraction of sp³-hybridized carbons (Fsp3) is 0.652. The average Bonchev–Trinajstić information content (AvgIpc) is 3.07. The lowest BCUT2D eigenvalue weighted by atomic mass is 9.82. The number of hydrogen-bond acceptors (Lipinski definition) is 2. The maximum absolute atomic E-state index is 12.3. The Morgan fingerprint density at radius 2 is 1.89 bits per heavy atom. The number of likely N-dealkylation sites (tertiary alicyclic amines) is 1. The summed E-state index contributed by atoms with van der Waals surface area (Å²) >= 11 is 0. The van der Waals surface area contributed by atoms with E-state index in [2.05, 4.69) is 46.8 Å². The Morgan fingerprint density at radius 3 is 2.61 bits per heavy atom. The minimum absolute atomic E-state index is 0.280. The van der Waals surface area contributed by atoms with Crippen LogP contribution in [0.1, 0.15) is 44.6 Å². The molecule has 3 atom stereocenters. The van der Waals surface area contributed by atoms with Crippen LogP contribution in [0.15, 0.2) is 35.3 Å². The maximum atomic E-state index is 12.3. The SMILES string of the molecule is CN=C(NCC1CCCC(C)C1)NCC1CC(=O)N(CCc2ccccc2)C1. The van der Waals surface area contributed by atoms with Gasteiger partial charge in [-0.2, -0.15) is 0 Å². The summed E-state index contributed by atoms with van der Waals surface area (Å²) in [4.78, 5) is 18.7. The van der Waals surface area contributed by atoms with Crippen molar-refractivity contribution in [2.24, 2.45) is 22.7 Å². The Hall–Kier alpha value is -2.04. The van der Waals surface area contributed by atoms with E-state index in [-0.39, 0.29) is 5.91 Å². The highest BCUT2D eigenvalue weighted by Gasteiger charge is 2.29. The molecule has 2 N–H and O–H groups in total. The lowest BCUT2D eigenvalue weighted by Gasteiger charge is -2.27. The molecule has 1 aliphatic carbocycles. The van der Waals surface area contributed by atoms with Gasteiger partial charge in [0.2, 0.25) is 5.91 Å². The van der Waals surface area contributed by atoms with Crippen molar-refractivity contribution in [1.29, 1.82) is 0 Å². The highest BCUT2D eigenvalue weighted by molar-refractivity contribution is 5.80. The predicted molar refractivity (Wildman–Crippen MR) is 115 cm³/mol. The number of benzene rings is 1. The number of carbonyl (C=O) groups excluding carboxylic acids is 1. The summed E-state index contributed by atoms with van der Waals surface area (Å²) in [5.74, 6) is 3.11. The Morgan fingerprint density at radius 1 is 1.14 bits per heavy atom. The molecule has 28 heavy (non-hydrogen) atoms. The minimum atomic E-state index is 0.280. The van der Waals surface area contributed by atoms with Crippen LogP contribution in [0.3, 0.4) is 0 Å². The van der Waals surface area contributed by atoms with Crippen molar-refractivity contribution in [3.8, 4) is 0 Å². The summed E-state index contributed by atoms with van der Waals surface area (Å²) in [7, 11) is 1.82. The van der Waals surface area contributed by atoms with Gasteiger partial charge in [0.25, 0.3) is 0 Å². The van der Waals surface area contributed by atoms with Crippen LogP contribution in [-0.4, -0.2) is 50.0 Å². The van der Waals surface area contributed by atoms with Crippen molar-refractivity contribution < 1.29 is 4.79 Å². The summed E-state index contributed by atoms with van der Waals surface area (Å²) in [6.45, 7) is 5.81. The topological polar surface area (TPSA) is 56.7 Å². The van der Waals surface area contributed by atoms with Crippen LogP contribution in [0.25, 0.3) is 0 Å². The van der Waals surface area contributed by atoms with Crippen molar-refractivity contribution in [2.45, 2.75) is 45.4 Å². The summed E-state index contributed by atoms with van der Waals surface area (Å²) < 4.78 is 0. The van der Waals surface area contributed by atoms with Crippen molar-refractivity contribution in [3.63, 3.8) is 0 Å². The molecule has 5 heteroatoms. The van der Waals surface area contributed by atoms with Gasteiger partial charge in [-0.15, -0.1) is 0 Å². The molecule has 2 aliphatic rings. The zero-order chi connectivity index (χ0) is 19.8. The average molecular weight is 385 g/mol. The second-order valence-electron chi connectivity index (χ2n) is 8.62. The molecule has 2 fully saturated rings. The molecule has 0 bridgehead atoms. The third-order valence-corrected chi connectivity index (χ3v) is 6.19. The normalized spacial score (nSPS) is 25.8. The van der Waals surface area contributed by atoms with Gasteiger partial charge in [-0.3, -0.25) is 9.79 Å². The van der Waals surface area contributed by atoms with Gasteiger partial charge in [0, 0.05) is 45.6 Å². The van der Waals surface area contributed by atoms with Crippen molar-refractivity contribution in [1.82, 2.24) is 15.5 Å². The molecule has 0 aromatic heterocycles. The van der Waals surface area contributed by atoms with Crippen molar-refractivity contribution in [2.75, 3.05) is 33.2 Å². The number of aliphatic imine (C=N–C) groups is 1. The Bertz CT molecular complexity index is 645. The fourth-order valence-electron chi connectivity index (χ4n) is 4.56. The van der Waals surface area contributed by atoms with E-state index in [1.807, 2.05) is 18.0 Å². The predicted octanol–water partition coefficient (Wildman–Crippen LogP) is 3.07. The highest BCUT2D eigenvalue weighted by Crippen LogP contribution is 2.27. The summed E-state index contributed by atoms with van der Waals surface area (Å²) in [6, 6.07) is 10.4. The highest BCUT2D eigenvalue weighted by atomic mass is 16.2. The number of nitrogens with zero attached hydrogens (tertiary/aromatic N) is 2. The van der Waals surface area contributed by atoms with Gasteiger partial charge in [0.15, 0.2) is 5.96 Å². The molecule has 0 spiro atoms. The van der Waals surface area contributed by atoms with Crippen LogP contribution in [0.5, 0.6) is 0 Å². The van der Waals surface area contributed by atoms with E-state index in [1.54, 1.807) is 0 Å². The first-order chi connectivity index (χ1) is 13.6. The third-order valence-electron chi connectivity index (χ3n) is 6.19. The Balaban J connectivity index is 1.37. The van der Waals surface area contributed by atoms with Crippen molar-refractivity contribution in [3.05, 3.63) is 35.9 Å². The number of rotatable bonds is 7. The number of amides is 1. The van der Waals surface area contributed by atoms with Gasteiger partial charge in [-0.05, 0) is 36.7 Å². The van der Waals surface area contributed by atoms with Gasteiger partial charge in [0.05, 0.1) is 0 Å². The molecule has 1 saturated heterocycles. The van der Waals surface area contributed by atoms with Gasteiger partial charge < -0.3 is 15.5 Å². The minimum Gasteiger partial charge on any atom is -0.356 e. The van der Waals surface area contributed by atoms with Crippen LogP contribution in [0.4, 0.5) is 0 Å². The first-order valence-corrected chi connectivity index (χ1v) is 10.9. The standard InChI is InChI=1S/C23H36N4O/c1-18-7-6-10-20(13-18)15-25-23(24-2)26-16-21-14-22(28)27(17-21)12-11-19-8-4-3-5-9-19/h3-5,8-9,18,20-21H,6-7,10-17H2,1-2H3,(H2,24,25,26). The molecule has 3 rings (SSSR count). The van der Waals surface area contributed by atoms with E-state index in [9.17, 15) is 4.79 Å². The lowest BCUT2D eigenvalue weighted by Crippen LogP contribution is -2.42. The zero-order valence-corrected chi connectivity index (χ0v) is 17.5.